The van der Waals surface area contributed by atoms with E-state index < -0.39 is 0 Å². The summed E-state index contributed by atoms with van der Waals surface area (Å²) < 4.78 is 0. The summed E-state index contributed by atoms with van der Waals surface area (Å²) in [5.41, 5.74) is 8.11. The molecule has 0 bridgehead atoms. The molecule has 0 fully saturated rings. The van der Waals surface area contributed by atoms with Gasteiger partial charge in [0, 0.05) is 7.05 Å². The standard InChI is InChI=1S/C11H17N3/c1-8-6-4-5-7-10(8)9(2)14-11(12)13-3/h4-7,9H,1-3H3,(H3,12,13,14). The summed E-state index contributed by atoms with van der Waals surface area (Å²) in [6.07, 6.45) is 0. The first kappa shape index (κ1) is 10.6. The minimum Gasteiger partial charge on any atom is -0.370 e. The van der Waals surface area contributed by atoms with Crippen molar-refractivity contribution in [2.24, 2.45) is 10.7 Å². The summed E-state index contributed by atoms with van der Waals surface area (Å²) >= 11 is 0. The van der Waals surface area contributed by atoms with Gasteiger partial charge in [0.2, 0.25) is 0 Å². The van der Waals surface area contributed by atoms with Crippen molar-refractivity contribution in [3.63, 3.8) is 0 Å². The van der Waals surface area contributed by atoms with Gasteiger partial charge in [0.15, 0.2) is 5.96 Å². The first-order valence-electron chi connectivity index (χ1n) is 4.69. The smallest absolute Gasteiger partial charge is 0.188 e. The molecular weight excluding hydrogens is 174 g/mol. The molecule has 1 unspecified atom stereocenters. The Hall–Kier alpha value is -1.51. The van der Waals surface area contributed by atoms with Crippen molar-refractivity contribution in [1.82, 2.24) is 5.32 Å². The van der Waals surface area contributed by atoms with Gasteiger partial charge < -0.3 is 11.1 Å². The third-order valence-electron chi connectivity index (χ3n) is 2.26. The molecule has 0 saturated heterocycles. The Labute approximate surface area is 85.0 Å². The van der Waals surface area contributed by atoms with Crippen molar-refractivity contribution in [1.29, 1.82) is 0 Å². The third-order valence-corrected chi connectivity index (χ3v) is 2.26. The lowest BCUT2D eigenvalue weighted by Crippen LogP contribution is -2.33. The Bertz CT molecular complexity index is 331. The summed E-state index contributed by atoms with van der Waals surface area (Å²) in [5.74, 6) is 0.473. The van der Waals surface area contributed by atoms with Crippen LogP contribution >= 0.6 is 0 Å². The summed E-state index contributed by atoms with van der Waals surface area (Å²) in [4.78, 5) is 3.87. The molecular formula is C11H17N3. The van der Waals surface area contributed by atoms with E-state index in [0.29, 0.717) is 5.96 Å². The van der Waals surface area contributed by atoms with E-state index in [9.17, 15) is 0 Å². The first-order valence-corrected chi connectivity index (χ1v) is 4.69. The Kier molecular flexibility index (Phi) is 3.51. The van der Waals surface area contributed by atoms with Gasteiger partial charge in [-0.25, -0.2) is 0 Å². The number of rotatable bonds is 2. The normalized spacial score (nSPS) is 13.8. The molecule has 0 heterocycles. The van der Waals surface area contributed by atoms with Crippen LogP contribution in [0.1, 0.15) is 24.1 Å². The number of hydrogen-bond donors (Lipinski definition) is 2. The zero-order valence-corrected chi connectivity index (χ0v) is 8.91. The topological polar surface area (TPSA) is 50.4 Å². The lowest BCUT2D eigenvalue weighted by atomic mass is 10.0. The van der Waals surface area contributed by atoms with Crippen LogP contribution in [0.5, 0.6) is 0 Å². The number of guanidine groups is 1. The highest BCUT2D eigenvalue weighted by molar-refractivity contribution is 5.78. The second-order valence-corrected chi connectivity index (χ2v) is 3.33. The molecule has 76 valence electrons. The number of hydrogen-bond acceptors (Lipinski definition) is 1. The van der Waals surface area contributed by atoms with E-state index in [1.165, 1.54) is 11.1 Å². The van der Waals surface area contributed by atoms with E-state index in [-0.39, 0.29) is 6.04 Å². The van der Waals surface area contributed by atoms with Crippen molar-refractivity contribution >= 4 is 5.96 Å². The van der Waals surface area contributed by atoms with Crippen LogP contribution in [0.4, 0.5) is 0 Å². The second kappa shape index (κ2) is 4.65. The number of nitrogens with two attached hydrogens (primary N) is 1. The molecule has 1 rings (SSSR count). The molecule has 0 spiro atoms. The van der Waals surface area contributed by atoms with E-state index >= 15 is 0 Å². The zero-order chi connectivity index (χ0) is 10.6. The quantitative estimate of drug-likeness (QED) is 0.551. The van der Waals surface area contributed by atoms with Crippen molar-refractivity contribution in [2.75, 3.05) is 7.05 Å². The summed E-state index contributed by atoms with van der Waals surface area (Å²) in [6, 6.07) is 8.44. The van der Waals surface area contributed by atoms with E-state index in [1.54, 1.807) is 7.05 Å². The molecule has 3 heteroatoms. The lowest BCUT2D eigenvalue weighted by Gasteiger charge is -2.16. The first-order chi connectivity index (χ1) is 6.65. The largest absolute Gasteiger partial charge is 0.370 e. The highest BCUT2D eigenvalue weighted by Crippen LogP contribution is 2.15. The number of nitrogens with one attached hydrogen (secondary N) is 1. The van der Waals surface area contributed by atoms with Gasteiger partial charge in [-0.2, -0.15) is 0 Å². The molecule has 14 heavy (non-hydrogen) atoms. The fraction of sp³-hybridized carbons (Fsp3) is 0.364. The molecule has 0 amide bonds. The van der Waals surface area contributed by atoms with Gasteiger partial charge in [-0.15, -0.1) is 0 Å². The van der Waals surface area contributed by atoms with Gasteiger partial charge in [0.1, 0.15) is 0 Å². The van der Waals surface area contributed by atoms with E-state index in [0.717, 1.165) is 0 Å². The monoisotopic (exact) mass is 191 g/mol. The molecule has 0 aliphatic heterocycles. The third kappa shape index (κ3) is 2.49. The second-order valence-electron chi connectivity index (χ2n) is 3.33. The van der Waals surface area contributed by atoms with Gasteiger partial charge in [-0.1, -0.05) is 24.3 Å². The van der Waals surface area contributed by atoms with Crippen LogP contribution in [-0.2, 0) is 0 Å². The Morgan fingerprint density at radius 3 is 2.64 bits per heavy atom. The van der Waals surface area contributed by atoms with Crippen LogP contribution in [-0.4, -0.2) is 13.0 Å². The predicted molar refractivity (Wildman–Crippen MR) is 60.3 cm³/mol. The van der Waals surface area contributed by atoms with Gasteiger partial charge in [0.05, 0.1) is 6.04 Å². The van der Waals surface area contributed by atoms with Crippen molar-refractivity contribution in [2.45, 2.75) is 19.9 Å². The lowest BCUT2D eigenvalue weighted by molar-refractivity contribution is 0.706. The maximum absolute atomic E-state index is 5.60. The molecule has 1 atom stereocenters. The van der Waals surface area contributed by atoms with Crippen LogP contribution in [0.3, 0.4) is 0 Å². The Morgan fingerprint density at radius 1 is 1.43 bits per heavy atom. The van der Waals surface area contributed by atoms with Crippen LogP contribution in [0.2, 0.25) is 0 Å². The number of nitrogens with zero attached hydrogens (tertiary/aromatic N) is 1. The SMILES string of the molecule is CN=C(N)NC(C)c1ccccc1C. The Morgan fingerprint density at radius 2 is 2.07 bits per heavy atom. The van der Waals surface area contributed by atoms with Gasteiger partial charge in [0.25, 0.3) is 0 Å². The summed E-state index contributed by atoms with van der Waals surface area (Å²) in [5, 5.41) is 3.11. The average Bonchev–Trinajstić information content (AvgIpc) is 2.18. The molecule has 0 radical (unpaired) electrons. The Balaban J connectivity index is 2.79. The van der Waals surface area contributed by atoms with Crippen molar-refractivity contribution < 1.29 is 0 Å². The van der Waals surface area contributed by atoms with Crippen LogP contribution in [0, 0.1) is 6.92 Å². The zero-order valence-electron chi connectivity index (χ0n) is 8.91. The fourth-order valence-electron chi connectivity index (χ4n) is 1.44. The molecule has 0 aromatic heterocycles. The molecule has 1 aromatic carbocycles. The average molecular weight is 191 g/mol. The van der Waals surface area contributed by atoms with Crippen molar-refractivity contribution in [3.05, 3.63) is 35.4 Å². The minimum absolute atomic E-state index is 0.194. The minimum atomic E-state index is 0.194. The summed E-state index contributed by atoms with van der Waals surface area (Å²) in [7, 11) is 1.67. The molecule has 0 aliphatic carbocycles. The van der Waals surface area contributed by atoms with Crippen LogP contribution < -0.4 is 11.1 Å². The fourth-order valence-corrected chi connectivity index (χ4v) is 1.44. The number of aryl methyl sites for hydroxylation is 1. The van der Waals surface area contributed by atoms with Gasteiger partial charge in [-0.3, -0.25) is 4.99 Å². The molecule has 3 N–H and O–H groups in total. The summed E-state index contributed by atoms with van der Waals surface area (Å²) in [6.45, 7) is 4.16. The predicted octanol–water partition coefficient (Wildman–Crippen LogP) is 1.59. The van der Waals surface area contributed by atoms with Gasteiger partial charge in [-0.05, 0) is 25.0 Å². The number of benzene rings is 1. The van der Waals surface area contributed by atoms with E-state index in [1.807, 2.05) is 12.1 Å². The maximum Gasteiger partial charge on any atom is 0.188 e. The highest BCUT2D eigenvalue weighted by atomic mass is 15.1. The molecule has 1 aromatic rings. The number of aliphatic imine (C=N–C) groups is 1. The van der Waals surface area contributed by atoms with Crippen molar-refractivity contribution in [3.8, 4) is 0 Å². The van der Waals surface area contributed by atoms with Crippen LogP contribution in [0.15, 0.2) is 29.3 Å². The van der Waals surface area contributed by atoms with E-state index in [2.05, 4.69) is 36.3 Å². The van der Waals surface area contributed by atoms with Gasteiger partial charge >= 0.3 is 0 Å². The highest BCUT2D eigenvalue weighted by Gasteiger charge is 2.07. The molecule has 3 nitrogen and oxygen atoms in total. The van der Waals surface area contributed by atoms with Crippen LogP contribution in [0.25, 0.3) is 0 Å². The molecule has 0 saturated carbocycles. The maximum atomic E-state index is 5.60. The van der Waals surface area contributed by atoms with E-state index in [4.69, 9.17) is 5.73 Å². The molecule has 0 aliphatic rings.